The number of ether oxygens (including phenoxy) is 1. The fourth-order valence-corrected chi connectivity index (χ4v) is 7.65. The van der Waals surface area contributed by atoms with E-state index in [-0.39, 0.29) is 12.5 Å². The molecule has 2 heterocycles. The molecular formula is C15H16BrCl3N2O3S2. The maximum Gasteiger partial charge on any atom is 0.263 e. The number of allylic oxidation sites excluding steroid dienone is 1. The molecule has 1 unspecified atom stereocenters. The van der Waals surface area contributed by atoms with Gasteiger partial charge in [-0.3, -0.25) is 4.72 Å². The molecule has 1 saturated heterocycles. The quantitative estimate of drug-likeness (QED) is 0.552. The van der Waals surface area contributed by atoms with E-state index in [1.54, 1.807) is 18.2 Å². The predicted molar refractivity (Wildman–Crippen MR) is 113 cm³/mol. The molecule has 1 aromatic carbocycles. The lowest BCUT2D eigenvalue weighted by Crippen LogP contribution is -2.32. The Morgan fingerprint density at radius 3 is 2.73 bits per heavy atom. The van der Waals surface area contributed by atoms with Crippen LogP contribution in [-0.4, -0.2) is 43.1 Å². The van der Waals surface area contributed by atoms with Gasteiger partial charge in [-0.2, -0.15) is 0 Å². The molecule has 2 aliphatic heterocycles. The first-order chi connectivity index (χ1) is 12.1. The van der Waals surface area contributed by atoms with Crippen LogP contribution in [-0.2, 0) is 10.0 Å². The fourth-order valence-electron chi connectivity index (χ4n) is 2.69. The van der Waals surface area contributed by atoms with Crippen molar-refractivity contribution in [3.05, 3.63) is 32.1 Å². The SMILES string of the molecule is CN1CCC(Oc2cc(NS(=O)(=O)[C@@]3(Cl)CC(Br)=C(Cl)S3)ccc2Cl)C1. The van der Waals surface area contributed by atoms with Gasteiger partial charge in [-0.15, -0.1) is 0 Å². The van der Waals surface area contributed by atoms with E-state index in [0.717, 1.165) is 31.3 Å². The molecule has 1 fully saturated rings. The van der Waals surface area contributed by atoms with Gasteiger partial charge in [0, 0.05) is 30.1 Å². The summed E-state index contributed by atoms with van der Waals surface area (Å²) in [5.74, 6) is 0.437. The number of hydrogen-bond donors (Lipinski definition) is 1. The first kappa shape index (κ1) is 20.9. The van der Waals surface area contributed by atoms with E-state index >= 15 is 0 Å². The average Bonchev–Trinajstić information content (AvgIpc) is 3.06. The van der Waals surface area contributed by atoms with Crippen LogP contribution in [0.25, 0.3) is 0 Å². The molecule has 26 heavy (non-hydrogen) atoms. The largest absolute Gasteiger partial charge is 0.487 e. The highest BCUT2D eigenvalue weighted by Crippen LogP contribution is 2.55. The summed E-state index contributed by atoms with van der Waals surface area (Å²) >= 11 is 22.6. The van der Waals surface area contributed by atoms with Crippen molar-refractivity contribution in [2.24, 2.45) is 0 Å². The zero-order chi connectivity index (χ0) is 19.1. The molecule has 0 aromatic heterocycles. The average molecular weight is 523 g/mol. The Labute approximate surface area is 180 Å². The monoisotopic (exact) mass is 520 g/mol. The van der Waals surface area contributed by atoms with Crippen LogP contribution in [0.5, 0.6) is 5.75 Å². The molecular weight excluding hydrogens is 507 g/mol. The molecule has 11 heteroatoms. The number of likely N-dealkylation sites (tertiary alicyclic amines) is 1. The molecule has 0 spiro atoms. The van der Waals surface area contributed by atoms with Gasteiger partial charge in [0.05, 0.1) is 15.1 Å². The zero-order valence-electron chi connectivity index (χ0n) is 13.6. The summed E-state index contributed by atoms with van der Waals surface area (Å²) in [7, 11) is -1.91. The van der Waals surface area contributed by atoms with Gasteiger partial charge in [0.25, 0.3) is 10.0 Å². The summed E-state index contributed by atoms with van der Waals surface area (Å²) in [5, 5.41) is 0.422. The van der Waals surface area contributed by atoms with E-state index in [2.05, 4.69) is 25.6 Å². The van der Waals surface area contributed by atoms with Gasteiger partial charge in [0.1, 0.15) is 11.9 Å². The molecule has 1 aromatic rings. The van der Waals surface area contributed by atoms with Gasteiger partial charge in [-0.05, 0) is 25.6 Å². The highest BCUT2D eigenvalue weighted by Gasteiger charge is 2.49. The molecule has 0 saturated carbocycles. The highest BCUT2D eigenvalue weighted by molar-refractivity contribution is 9.11. The first-order valence-electron chi connectivity index (χ1n) is 7.69. The molecule has 5 nitrogen and oxygen atoms in total. The minimum absolute atomic E-state index is 0.0214. The molecule has 0 radical (unpaired) electrons. The van der Waals surface area contributed by atoms with Crippen molar-refractivity contribution < 1.29 is 13.2 Å². The van der Waals surface area contributed by atoms with Crippen LogP contribution < -0.4 is 9.46 Å². The Balaban J connectivity index is 1.77. The Morgan fingerprint density at radius 1 is 1.42 bits per heavy atom. The number of likely N-dealkylation sites (N-methyl/N-ethyl adjacent to an activating group) is 1. The number of benzene rings is 1. The summed E-state index contributed by atoms with van der Waals surface area (Å²) in [5.41, 5.74) is 0.329. The van der Waals surface area contributed by atoms with E-state index in [1.165, 1.54) is 0 Å². The van der Waals surface area contributed by atoms with Gasteiger partial charge >= 0.3 is 0 Å². The molecule has 2 aliphatic rings. The number of hydrogen-bond acceptors (Lipinski definition) is 5. The van der Waals surface area contributed by atoms with Crippen molar-refractivity contribution in [3.63, 3.8) is 0 Å². The van der Waals surface area contributed by atoms with Crippen LogP contribution in [0.15, 0.2) is 27.0 Å². The number of nitrogens with one attached hydrogen (secondary N) is 1. The molecule has 144 valence electrons. The number of sulfonamides is 1. The van der Waals surface area contributed by atoms with Crippen LogP contribution in [0, 0.1) is 0 Å². The van der Waals surface area contributed by atoms with Crippen LogP contribution in [0.1, 0.15) is 12.8 Å². The third kappa shape index (κ3) is 4.42. The van der Waals surface area contributed by atoms with E-state index in [0.29, 0.717) is 25.3 Å². The molecule has 1 N–H and O–H groups in total. The minimum Gasteiger partial charge on any atom is -0.487 e. The predicted octanol–water partition coefficient (Wildman–Crippen LogP) is 5.00. The van der Waals surface area contributed by atoms with Gasteiger partial charge in [-0.25, -0.2) is 8.42 Å². The van der Waals surface area contributed by atoms with Crippen molar-refractivity contribution >= 4 is 78.2 Å². The highest BCUT2D eigenvalue weighted by atomic mass is 79.9. The Bertz CT molecular complexity index is 837. The summed E-state index contributed by atoms with van der Waals surface area (Å²) < 4.78 is 33.2. The van der Waals surface area contributed by atoms with Crippen molar-refractivity contribution in [1.29, 1.82) is 0 Å². The summed E-state index contributed by atoms with van der Waals surface area (Å²) in [6.07, 6.45) is 0.981. The molecule has 2 atom stereocenters. The van der Waals surface area contributed by atoms with Crippen LogP contribution in [0.2, 0.25) is 5.02 Å². The molecule has 3 rings (SSSR count). The van der Waals surface area contributed by atoms with Crippen molar-refractivity contribution in [2.45, 2.75) is 22.5 Å². The smallest absolute Gasteiger partial charge is 0.263 e. The number of alkyl halides is 1. The topological polar surface area (TPSA) is 58.6 Å². The van der Waals surface area contributed by atoms with Gasteiger partial charge in [-0.1, -0.05) is 62.5 Å². The third-order valence-electron chi connectivity index (χ3n) is 4.05. The number of halogens is 4. The lowest BCUT2D eigenvalue weighted by Gasteiger charge is -2.22. The number of anilines is 1. The zero-order valence-corrected chi connectivity index (χ0v) is 19.1. The van der Waals surface area contributed by atoms with Crippen molar-refractivity contribution in [3.8, 4) is 5.75 Å². The maximum atomic E-state index is 12.7. The van der Waals surface area contributed by atoms with E-state index in [4.69, 9.17) is 39.5 Å². The van der Waals surface area contributed by atoms with Gasteiger partial charge in [0.15, 0.2) is 0 Å². The Kier molecular flexibility index (Phi) is 6.34. The van der Waals surface area contributed by atoms with E-state index in [9.17, 15) is 8.42 Å². The second-order valence-corrected chi connectivity index (χ2v) is 12.7. The molecule has 0 amide bonds. The summed E-state index contributed by atoms with van der Waals surface area (Å²) in [4.78, 5) is 2.16. The fraction of sp³-hybridized carbons (Fsp3) is 0.467. The summed E-state index contributed by atoms with van der Waals surface area (Å²) in [6.45, 7) is 1.75. The van der Waals surface area contributed by atoms with E-state index in [1.807, 2.05) is 7.05 Å². The molecule has 0 bridgehead atoms. The number of rotatable bonds is 5. The number of nitrogens with zero attached hydrogens (tertiary/aromatic N) is 1. The van der Waals surface area contributed by atoms with Crippen LogP contribution >= 0.6 is 62.5 Å². The van der Waals surface area contributed by atoms with Crippen molar-refractivity contribution in [1.82, 2.24) is 4.90 Å². The second-order valence-electron chi connectivity index (χ2n) is 6.16. The number of thioether (sulfide) groups is 1. The van der Waals surface area contributed by atoms with Crippen LogP contribution in [0.4, 0.5) is 5.69 Å². The second kappa shape index (κ2) is 7.89. The lowest BCUT2D eigenvalue weighted by molar-refractivity contribution is 0.208. The van der Waals surface area contributed by atoms with Crippen LogP contribution in [0.3, 0.4) is 0 Å². The van der Waals surface area contributed by atoms with Crippen molar-refractivity contribution in [2.75, 3.05) is 24.9 Å². The Morgan fingerprint density at radius 2 is 2.15 bits per heavy atom. The van der Waals surface area contributed by atoms with Gasteiger partial charge in [0.2, 0.25) is 3.54 Å². The van der Waals surface area contributed by atoms with E-state index < -0.39 is 13.6 Å². The Hall–Kier alpha value is 0.170. The molecule has 0 aliphatic carbocycles. The van der Waals surface area contributed by atoms with Gasteiger partial charge < -0.3 is 9.64 Å². The minimum atomic E-state index is -3.93. The summed E-state index contributed by atoms with van der Waals surface area (Å²) in [6, 6.07) is 4.73. The third-order valence-corrected chi connectivity index (χ3v) is 10.2. The lowest BCUT2D eigenvalue weighted by atomic mass is 10.3. The normalized spacial score (nSPS) is 27.2. The maximum absolute atomic E-state index is 12.7. The first-order valence-corrected chi connectivity index (χ1v) is 11.9. The standard InChI is InChI=1S/C15H16BrCl3N2O3S2/c1-21-5-4-10(8-21)24-13-6-9(2-3-12(13)17)20-26(22,23)15(19)7-11(16)14(18)25-15/h2-3,6,10,20H,4-5,7-8H2,1H3/t10?,15-/m1/s1.